The van der Waals surface area contributed by atoms with Gasteiger partial charge in [0.2, 0.25) is 5.91 Å². The van der Waals surface area contributed by atoms with Gasteiger partial charge >= 0.3 is 0 Å². The summed E-state index contributed by atoms with van der Waals surface area (Å²) in [4.78, 5) is 12.3. The third kappa shape index (κ3) is 34.3. The topological polar surface area (TPSA) is 69.6 Å². The van der Waals surface area contributed by atoms with Gasteiger partial charge in [-0.15, -0.1) is 0 Å². The summed E-state index contributed by atoms with van der Waals surface area (Å²) in [5.74, 6) is -0.0634. The van der Waals surface area contributed by atoms with Gasteiger partial charge < -0.3 is 15.5 Å². The molecule has 0 radical (unpaired) electrons. The number of hydrogen-bond acceptors (Lipinski definition) is 3. The van der Waals surface area contributed by atoms with Gasteiger partial charge in [0.15, 0.2) is 0 Å². The van der Waals surface area contributed by atoms with Crippen LogP contribution in [0.5, 0.6) is 0 Å². The molecule has 0 aromatic carbocycles. The van der Waals surface area contributed by atoms with E-state index in [9.17, 15) is 15.0 Å². The standard InChI is InChI=1S/C41H81NO3/c1-3-5-7-9-11-13-14-15-16-17-18-19-20-21-22-23-24-25-26-27-28-29-31-33-35-37-41(45)42-39(38-43)40(44)36-34-32-30-12-10-8-6-4-2/h34,36,39-40,43-44H,3-33,35,37-38H2,1-2H3,(H,42,45)/b36-34+. The van der Waals surface area contributed by atoms with Gasteiger partial charge in [-0.3, -0.25) is 4.79 Å². The molecule has 0 bridgehead atoms. The zero-order valence-corrected chi connectivity index (χ0v) is 30.7. The summed E-state index contributed by atoms with van der Waals surface area (Å²) < 4.78 is 0. The Morgan fingerprint density at radius 2 is 0.822 bits per heavy atom. The van der Waals surface area contributed by atoms with E-state index in [-0.39, 0.29) is 12.5 Å². The number of hydrogen-bond donors (Lipinski definition) is 3. The van der Waals surface area contributed by atoms with Gasteiger partial charge in [-0.2, -0.15) is 0 Å². The normalized spacial score (nSPS) is 13.1. The number of carbonyl (C=O) groups is 1. The number of allylic oxidation sites excluding steroid dienone is 1. The van der Waals surface area contributed by atoms with E-state index < -0.39 is 12.1 Å². The van der Waals surface area contributed by atoms with Crippen LogP contribution in [-0.4, -0.2) is 34.9 Å². The molecule has 0 rings (SSSR count). The highest BCUT2D eigenvalue weighted by atomic mass is 16.3. The molecule has 268 valence electrons. The van der Waals surface area contributed by atoms with Crippen molar-refractivity contribution in [1.82, 2.24) is 5.32 Å². The van der Waals surface area contributed by atoms with Crippen molar-refractivity contribution >= 4 is 5.91 Å². The van der Waals surface area contributed by atoms with E-state index >= 15 is 0 Å². The summed E-state index contributed by atoms with van der Waals surface area (Å²) in [5, 5.41) is 22.8. The van der Waals surface area contributed by atoms with Gasteiger partial charge in [0.25, 0.3) is 0 Å². The SMILES string of the molecule is CCCCCCCC/C=C/C(O)C(CO)NC(=O)CCCCCCCCCCCCCCCCCCCCCCCCCCC. The smallest absolute Gasteiger partial charge is 0.220 e. The summed E-state index contributed by atoms with van der Waals surface area (Å²) in [5.41, 5.74) is 0. The molecule has 2 unspecified atom stereocenters. The van der Waals surface area contributed by atoms with Crippen LogP contribution in [-0.2, 0) is 4.79 Å². The Labute approximate surface area is 282 Å². The second-order valence-electron chi connectivity index (χ2n) is 14.1. The van der Waals surface area contributed by atoms with Crippen molar-refractivity contribution < 1.29 is 15.0 Å². The lowest BCUT2D eigenvalue weighted by Crippen LogP contribution is -2.45. The highest BCUT2D eigenvalue weighted by Crippen LogP contribution is 2.16. The van der Waals surface area contributed by atoms with Crippen molar-refractivity contribution in [3.63, 3.8) is 0 Å². The van der Waals surface area contributed by atoms with E-state index in [0.29, 0.717) is 6.42 Å². The van der Waals surface area contributed by atoms with Gasteiger partial charge in [0, 0.05) is 6.42 Å². The fraction of sp³-hybridized carbons (Fsp3) is 0.927. The lowest BCUT2D eigenvalue weighted by molar-refractivity contribution is -0.123. The third-order valence-electron chi connectivity index (χ3n) is 9.52. The molecule has 0 heterocycles. The van der Waals surface area contributed by atoms with Crippen LogP contribution < -0.4 is 5.32 Å². The first-order chi connectivity index (χ1) is 22.2. The largest absolute Gasteiger partial charge is 0.394 e. The van der Waals surface area contributed by atoms with Crippen LogP contribution in [0, 0.1) is 0 Å². The van der Waals surface area contributed by atoms with Crippen LogP contribution in [0.1, 0.15) is 226 Å². The number of rotatable bonds is 37. The molecule has 0 saturated heterocycles. The average Bonchev–Trinajstić information content (AvgIpc) is 3.04. The maximum Gasteiger partial charge on any atom is 0.220 e. The molecule has 0 aliphatic carbocycles. The summed E-state index contributed by atoms with van der Waals surface area (Å²) in [7, 11) is 0. The first kappa shape index (κ1) is 44.1. The molecule has 45 heavy (non-hydrogen) atoms. The van der Waals surface area contributed by atoms with E-state index in [1.807, 2.05) is 6.08 Å². The van der Waals surface area contributed by atoms with E-state index in [2.05, 4.69) is 19.2 Å². The molecule has 0 aromatic rings. The Morgan fingerprint density at radius 1 is 0.511 bits per heavy atom. The third-order valence-corrected chi connectivity index (χ3v) is 9.52. The Morgan fingerprint density at radius 3 is 1.16 bits per heavy atom. The molecular weight excluding hydrogens is 554 g/mol. The van der Waals surface area contributed by atoms with Crippen LogP contribution in [0.15, 0.2) is 12.2 Å². The molecular formula is C41H81NO3. The van der Waals surface area contributed by atoms with Gasteiger partial charge in [-0.25, -0.2) is 0 Å². The predicted molar refractivity (Wildman–Crippen MR) is 198 cm³/mol. The predicted octanol–water partition coefficient (Wildman–Crippen LogP) is 12.3. The lowest BCUT2D eigenvalue weighted by atomic mass is 10.0. The molecule has 1 amide bonds. The van der Waals surface area contributed by atoms with Crippen molar-refractivity contribution in [1.29, 1.82) is 0 Å². The number of aliphatic hydroxyl groups is 2. The van der Waals surface area contributed by atoms with Crippen LogP contribution in [0.2, 0.25) is 0 Å². The molecule has 4 nitrogen and oxygen atoms in total. The van der Waals surface area contributed by atoms with E-state index in [4.69, 9.17) is 0 Å². The van der Waals surface area contributed by atoms with Crippen molar-refractivity contribution in [2.45, 2.75) is 238 Å². The molecule has 0 aliphatic rings. The molecule has 0 aromatic heterocycles. The first-order valence-corrected chi connectivity index (χ1v) is 20.4. The summed E-state index contributed by atoms with van der Waals surface area (Å²) in [6.07, 6.45) is 46.2. The molecule has 4 heteroatoms. The van der Waals surface area contributed by atoms with Gasteiger partial charge in [-0.1, -0.05) is 212 Å². The second-order valence-corrected chi connectivity index (χ2v) is 14.1. The zero-order chi connectivity index (χ0) is 32.9. The minimum absolute atomic E-state index is 0.0634. The Hall–Kier alpha value is -0.870. The average molecular weight is 636 g/mol. The maximum atomic E-state index is 12.3. The summed E-state index contributed by atoms with van der Waals surface area (Å²) in [6.45, 7) is 4.28. The van der Waals surface area contributed by atoms with Crippen molar-refractivity contribution in [3.8, 4) is 0 Å². The van der Waals surface area contributed by atoms with Crippen molar-refractivity contribution in [2.24, 2.45) is 0 Å². The highest BCUT2D eigenvalue weighted by Gasteiger charge is 2.17. The zero-order valence-electron chi connectivity index (χ0n) is 30.7. The van der Waals surface area contributed by atoms with E-state index in [0.717, 1.165) is 25.7 Å². The van der Waals surface area contributed by atoms with Crippen LogP contribution in [0.3, 0.4) is 0 Å². The first-order valence-electron chi connectivity index (χ1n) is 20.4. The number of nitrogens with one attached hydrogen (secondary N) is 1. The quantitative estimate of drug-likeness (QED) is 0.0470. The fourth-order valence-electron chi connectivity index (χ4n) is 6.35. The van der Waals surface area contributed by atoms with Crippen LogP contribution in [0.4, 0.5) is 0 Å². The number of carbonyl (C=O) groups excluding carboxylic acids is 1. The lowest BCUT2D eigenvalue weighted by Gasteiger charge is -2.20. The number of unbranched alkanes of at least 4 members (excludes halogenated alkanes) is 30. The minimum atomic E-state index is -0.830. The van der Waals surface area contributed by atoms with E-state index in [1.54, 1.807) is 6.08 Å². The Kier molecular flexibility index (Phi) is 36.9. The summed E-state index contributed by atoms with van der Waals surface area (Å²) >= 11 is 0. The van der Waals surface area contributed by atoms with Crippen LogP contribution in [0.25, 0.3) is 0 Å². The van der Waals surface area contributed by atoms with E-state index in [1.165, 1.54) is 180 Å². The molecule has 2 atom stereocenters. The molecule has 0 spiro atoms. The Balaban J connectivity index is 3.41. The highest BCUT2D eigenvalue weighted by molar-refractivity contribution is 5.76. The van der Waals surface area contributed by atoms with Crippen molar-refractivity contribution in [2.75, 3.05) is 6.61 Å². The van der Waals surface area contributed by atoms with Crippen LogP contribution >= 0.6 is 0 Å². The maximum absolute atomic E-state index is 12.3. The second kappa shape index (κ2) is 37.6. The monoisotopic (exact) mass is 636 g/mol. The molecule has 0 aliphatic heterocycles. The molecule has 0 fully saturated rings. The Bertz CT molecular complexity index is 608. The molecule has 0 saturated carbocycles. The number of amides is 1. The molecule has 3 N–H and O–H groups in total. The van der Waals surface area contributed by atoms with Gasteiger partial charge in [-0.05, 0) is 19.3 Å². The van der Waals surface area contributed by atoms with Crippen molar-refractivity contribution in [3.05, 3.63) is 12.2 Å². The fourth-order valence-corrected chi connectivity index (χ4v) is 6.35. The van der Waals surface area contributed by atoms with Gasteiger partial charge in [0.05, 0.1) is 18.8 Å². The number of aliphatic hydroxyl groups excluding tert-OH is 2. The van der Waals surface area contributed by atoms with Gasteiger partial charge in [0.1, 0.15) is 0 Å². The minimum Gasteiger partial charge on any atom is -0.394 e. The summed E-state index contributed by atoms with van der Waals surface area (Å²) in [6, 6.07) is -0.613.